The number of benzene rings is 1. The number of fused-ring (bicyclic) bond motifs is 1. The smallest absolute Gasteiger partial charge is 0.258 e. The molecule has 5 nitrogen and oxygen atoms in total. The normalized spacial score (nSPS) is 11.2. The molecule has 0 aliphatic rings. The minimum Gasteiger partial charge on any atom is -0.345 e. The van der Waals surface area contributed by atoms with Gasteiger partial charge in [-0.3, -0.25) is 0 Å². The van der Waals surface area contributed by atoms with E-state index in [4.69, 9.17) is 4.52 Å². The first kappa shape index (κ1) is 10.5. The van der Waals surface area contributed by atoms with E-state index >= 15 is 0 Å². The number of nitrogens with one attached hydrogen (secondary N) is 1. The molecule has 0 spiro atoms. The Balaban J connectivity index is 1.79. The topological polar surface area (TPSA) is 67.6 Å². The van der Waals surface area contributed by atoms with Crippen LogP contribution in [0.5, 0.6) is 0 Å². The van der Waals surface area contributed by atoms with Crippen LogP contribution in [0.1, 0.15) is 0 Å². The van der Waals surface area contributed by atoms with Gasteiger partial charge in [0.2, 0.25) is 5.82 Å². The van der Waals surface area contributed by atoms with Crippen molar-refractivity contribution in [2.45, 2.75) is 0 Å². The van der Waals surface area contributed by atoms with Gasteiger partial charge in [0, 0.05) is 5.56 Å². The van der Waals surface area contributed by atoms with Crippen LogP contribution in [0.25, 0.3) is 33.2 Å². The zero-order valence-corrected chi connectivity index (χ0v) is 10.5. The van der Waals surface area contributed by atoms with E-state index in [1.54, 1.807) is 17.7 Å². The molecule has 1 aromatic carbocycles. The van der Waals surface area contributed by atoms with Crippen LogP contribution in [-0.4, -0.2) is 20.1 Å². The van der Waals surface area contributed by atoms with Crippen LogP contribution in [0.2, 0.25) is 0 Å². The molecule has 6 heteroatoms. The van der Waals surface area contributed by atoms with E-state index in [-0.39, 0.29) is 0 Å². The second-order valence-corrected chi connectivity index (χ2v) is 4.98. The van der Waals surface area contributed by atoms with Crippen molar-refractivity contribution in [3.05, 3.63) is 42.0 Å². The number of nitrogens with zero attached hydrogens (tertiary/aromatic N) is 3. The summed E-state index contributed by atoms with van der Waals surface area (Å²) in [6.45, 7) is 0. The van der Waals surface area contributed by atoms with Gasteiger partial charge in [0.15, 0.2) is 0 Å². The molecule has 3 heterocycles. The lowest BCUT2D eigenvalue weighted by Crippen LogP contribution is -1.79. The maximum atomic E-state index is 5.31. The zero-order valence-electron chi connectivity index (χ0n) is 9.70. The Bertz CT molecular complexity index is 831. The van der Waals surface area contributed by atoms with E-state index in [0.717, 1.165) is 21.5 Å². The molecule has 0 bridgehead atoms. The van der Waals surface area contributed by atoms with Crippen LogP contribution in [-0.2, 0) is 0 Å². The highest BCUT2D eigenvalue weighted by molar-refractivity contribution is 7.13. The summed E-state index contributed by atoms with van der Waals surface area (Å²) in [5.41, 5.74) is 2.75. The summed E-state index contributed by atoms with van der Waals surface area (Å²) in [5.74, 6) is 1.13. The predicted molar refractivity (Wildman–Crippen MR) is 72.7 cm³/mol. The minimum absolute atomic E-state index is 0.514. The van der Waals surface area contributed by atoms with Crippen molar-refractivity contribution in [1.29, 1.82) is 0 Å². The number of rotatable bonds is 2. The number of imidazole rings is 1. The van der Waals surface area contributed by atoms with Gasteiger partial charge in [-0.1, -0.05) is 11.2 Å². The van der Waals surface area contributed by atoms with E-state index in [9.17, 15) is 0 Å². The summed E-state index contributed by atoms with van der Waals surface area (Å²) in [6, 6.07) is 9.74. The molecule has 19 heavy (non-hydrogen) atoms. The van der Waals surface area contributed by atoms with Gasteiger partial charge in [0.05, 0.1) is 22.2 Å². The highest BCUT2D eigenvalue weighted by atomic mass is 32.1. The number of aromatic nitrogens is 4. The molecular formula is C13H8N4OS. The molecule has 0 aliphatic carbocycles. The SMILES string of the molecule is c1csc(-c2noc(-c3ccc4nc[nH]c4c3)n2)c1. The molecule has 0 fully saturated rings. The van der Waals surface area contributed by atoms with Crippen molar-refractivity contribution < 1.29 is 4.52 Å². The molecule has 0 unspecified atom stereocenters. The van der Waals surface area contributed by atoms with E-state index in [2.05, 4.69) is 20.1 Å². The van der Waals surface area contributed by atoms with E-state index < -0.39 is 0 Å². The lowest BCUT2D eigenvalue weighted by Gasteiger charge is -1.93. The minimum atomic E-state index is 0.514. The number of H-pyrrole nitrogens is 1. The van der Waals surface area contributed by atoms with Gasteiger partial charge in [-0.25, -0.2) is 4.98 Å². The third-order valence-corrected chi connectivity index (χ3v) is 3.70. The van der Waals surface area contributed by atoms with E-state index in [1.807, 2.05) is 35.7 Å². The largest absolute Gasteiger partial charge is 0.345 e. The van der Waals surface area contributed by atoms with Crippen LogP contribution >= 0.6 is 11.3 Å². The highest BCUT2D eigenvalue weighted by Gasteiger charge is 2.11. The second-order valence-electron chi connectivity index (χ2n) is 4.03. The van der Waals surface area contributed by atoms with Crippen LogP contribution in [0.4, 0.5) is 0 Å². The fourth-order valence-electron chi connectivity index (χ4n) is 1.92. The van der Waals surface area contributed by atoms with Gasteiger partial charge in [0.25, 0.3) is 5.89 Å². The molecule has 92 valence electrons. The first-order chi connectivity index (χ1) is 9.40. The quantitative estimate of drug-likeness (QED) is 0.605. The van der Waals surface area contributed by atoms with Crippen molar-refractivity contribution in [2.24, 2.45) is 0 Å². The molecule has 0 amide bonds. The van der Waals surface area contributed by atoms with Gasteiger partial charge >= 0.3 is 0 Å². The Morgan fingerprint density at radius 3 is 3.11 bits per heavy atom. The summed E-state index contributed by atoms with van der Waals surface area (Å²) in [6.07, 6.45) is 1.67. The summed E-state index contributed by atoms with van der Waals surface area (Å²) >= 11 is 1.59. The molecular weight excluding hydrogens is 260 g/mol. The summed E-state index contributed by atoms with van der Waals surface area (Å²) in [4.78, 5) is 12.7. The number of thiophene rings is 1. The zero-order chi connectivity index (χ0) is 12.7. The van der Waals surface area contributed by atoms with Gasteiger partial charge in [-0.05, 0) is 29.6 Å². The first-order valence-corrected chi connectivity index (χ1v) is 6.59. The summed E-state index contributed by atoms with van der Waals surface area (Å²) in [7, 11) is 0. The second kappa shape index (κ2) is 4.03. The van der Waals surface area contributed by atoms with Gasteiger partial charge in [-0.2, -0.15) is 4.98 Å². The van der Waals surface area contributed by atoms with E-state index in [0.29, 0.717) is 11.7 Å². The third kappa shape index (κ3) is 1.73. The van der Waals surface area contributed by atoms with Gasteiger partial charge in [-0.15, -0.1) is 11.3 Å². The van der Waals surface area contributed by atoms with Crippen LogP contribution in [0.3, 0.4) is 0 Å². The summed E-state index contributed by atoms with van der Waals surface area (Å²) in [5, 5.41) is 5.99. The monoisotopic (exact) mass is 268 g/mol. The Labute approximate surface area is 111 Å². The fourth-order valence-corrected chi connectivity index (χ4v) is 2.56. The first-order valence-electron chi connectivity index (χ1n) is 5.71. The van der Waals surface area contributed by atoms with Crippen LogP contribution in [0, 0.1) is 0 Å². The number of hydrogen-bond donors (Lipinski definition) is 1. The van der Waals surface area contributed by atoms with Crippen LogP contribution in [0.15, 0.2) is 46.6 Å². The molecule has 0 radical (unpaired) electrons. The molecule has 4 rings (SSSR count). The molecule has 3 aromatic heterocycles. The maximum absolute atomic E-state index is 5.31. The molecule has 0 aliphatic heterocycles. The highest BCUT2D eigenvalue weighted by Crippen LogP contribution is 2.26. The average molecular weight is 268 g/mol. The van der Waals surface area contributed by atoms with Crippen molar-refractivity contribution in [2.75, 3.05) is 0 Å². The van der Waals surface area contributed by atoms with Crippen molar-refractivity contribution in [1.82, 2.24) is 20.1 Å². The van der Waals surface area contributed by atoms with Crippen molar-refractivity contribution in [3.8, 4) is 22.2 Å². The molecule has 1 N–H and O–H groups in total. The lowest BCUT2D eigenvalue weighted by atomic mass is 10.2. The molecule has 0 atom stereocenters. The Morgan fingerprint density at radius 2 is 2.21 bits per heavy atom. The lowest BCUT2D eigenvalue weighted by molar-refractivity contribution is 0.432. The average Bonchev–Trinajstić information content (AvgIpc) is 3.18. The molecule has 0 saturated heterocycles. The van der Waals surface area contributed by atoms with E-state index in [1.165, 1.54) is 0 Å². The molecule has 4 aromatic rings. The third-order valence-electron chi connectivity index (χ3n) is 2.83. The standard InChI is InChI=1S/C13H8N4OS/c1-2-11(19-5-1)12-16-13(18-17-12)8-3-4-9-10(6-8)15-7-14-9/h1-7H,(H,14,15). The molecule has 0 saturated carbocycles. The predicted octanol–water partition coefficient (Wildman–Crippen LogP) is 3.34. The summed E-state index contributed by atoms with van der Waals surface area (Å²) < 4.78 is 5.31. The van der Waals surface area contributed by atoms with Gasteiger partial charge < -0.3 is 9.51 Å². The Kier molecular flexibility index (Phi) is 2.22. The Hall–Kier alpha value is -2.47. The Morgan fingerprint density at radius 1 is 1.21 bits per heavy atom. The number of aromatic amines is 1. The van der Waals surface area contributed by atoms with Crippen molar-refractivity contribution >= 4 is 22.4 Å². The van der Waals surface area contributed by atoms with Crippen molar-refractivity contribution in [3.63, 3.8) is 0 Å². The van der Waals surface area contributed by atoms with Gasteiger partial charge in [0.1, 0.15) is 0 Å². The fraction of sp³-hybridized carbons (Fsp3) is 0. The number of hydrogen-bond acceptors (Lipinski definition) is 5. The van der Waals surface area contributed by atoms with Crippen LogP contribution < -0.4 is 0 Å². The maximum Gasteiger partial charge on any atom is 0.258 e.